The van der Waals surface area contributed by atoms with Gasteiger partial charge in [0.1, 0.15) is 17.8 Å². The van der Waals surface area contributed by atoms with Gasteiger partial charge in [-0.2, -0.15) is 0 Å². The predicted octanol–water partition coefficient (Wildman–Crippen LogP) is 4.72. The molecule has 4 N–H and O–H groups in total. The van der Waals surface area contributed by atoms with Gasteiger partial charge in [0.15, 0.2) is 11.6 Å². The van der Waals surface area contributed by atoms with Gasteiger partial charge in [-0.1, -0.05) is 24.3 Å². The molecule has 4 aromatic rings. The Labute approximate surface area is 169 Å². The molecule has 0 unspecified atom stereocenters. The Balaban J connectivity index is 1.70. The molecular weight excluding hydrogens is 364 g/mol. The molecule has 2 aromatic heterocycles. The maximum absolute atomic E-state index is 6.37. The number of ether oxygens (including phenoxy) is 1. The summed E-state index contributed by atoms with van der Waals surface area (Å²) in [5.74, 6) is 1.71. The molecule has 0 aliphatic heterocycles. The van der Waals surface area contributed by atoms with Gasteiger partial charge in [0.2, 0.25) is 0 Å². The maximum atomic E-state index is 6.37. The summed E-state index contributed by atoms with van der Waals surface area (Å²) in [6.45, 7) is 3.98. The van der Waals surface area contributed by atoms with E-state index in [1.54, 1.807) is 7.11 Å². The summed E-state index contributed by atoms with van der Waals surface area (Å²) in [5.41, 5.74) is 11.3. The third kappa shape index (κ3) is 3.75. The fourth-order valence-electron chi connectivity index (χ4n) is 3.11. The molecule has 0 aliphatic rings. The first-order valence-electron chi connectivity index (χ1n) is 9.20. The smallest absolute Gasteiger partial charge is 0.159 e. The molecule has 0 spiro atoms. The van der Waals surface area contributed by atoms with E-state index in [1.165, 1.54) is 6.33 Å². The summed E-state index contributed by atoms with van der Waals surface area (Å²) in [6, 6.07) is 15.8. The van der Waals surface area contributed by atoms with Crippen molar-refractivity contribution in [3.63, 3.8) is 0 Å². The highest BCUT2D eigenvalue weighted by atomic mass is 16.5. The second kappa shape index (κ2) is 7.63. The standard InChI is InChI=1S/C22H22N6O/c1-13-7-10-18(29-3)17(11-13)28-22-19(23)21(24-12-25-22)27-16-6-4-5-15-9-8-14(2)26-20(15)16/h4-12H,23H2,1-3H3,(H2,24,25,27,28). The zero-order chi connectivity index (χ0) is 20.4. The van der Waals surface area contributed by atoms with Crippen molar-refractivity contribution in [3.8, 4) is 5.75 Å². The molecular formula is C22H22N6O. The number of methoxy groups -OCH3 is 1. The summed E-state index contributed by atoms with van der Waals surface area (Å²) in [6.07, 6.45) is 1.47. The Hall–Kier alpha value is -3.87. The molecule has 2 aromatic carbocycles. The molecule has 0 saturated heterocycles. The van der Waals surface area contributed by atoms with E-state index in [0.29, 0.717) is 23.1 Å². The number of nitrogens with one attached hydrogen (secondary N) is 2. The second-order valence-corrected chi connectivity index (χ2v) is 6.77. The molecule has 0 amide bonds. The highest BCUT2D eigenvalue weighted by molar-refractivity contribution is 5.93. The van der Waals surface area contributed by atoms with Gasteiger partial charge in [-0.25, -0.2) is 9.97 Å². The van der Waals surface area contributed by atoms with Gasteiger partial charge in [0.05, 0.1) is 24.0 Å². The number of anilines is 5. The van der Waals surface area contributed by atoms with Crippen molar-refractivity contribution >= 4 is 39.6 Å². The van der Waals surface area contributed by atoms with Crippen molar-refractivity contribution in [2.24, 2.45) is 0 Å². The van der Waals surface area contributed by atoms with E-state index in [-0.39, 0.29) is 0 Å². The van der Waals surface area contributed by atoms with Crippen molar-refractivity contribution in [2.75, 3.05) is 23.5 Å². The highest BCUT2D eigenvalue weighted by Crippen LogP contribution is 2.33. The number of nitrogens with zero attached hydrogens (tertiary/aromatic N) is 3. The summed E-state index contributed by atoms with van der Waals surface area (Å²) in [4.78, 5) is 13.3. The number of para-hydroxylation sites is 1. The zero-order valence-corrected chi connectivity index (χ0v) is 16.5. The number of hydrogen-bond donors (Lipinski definition) is 3. The summed E-state index contributed by atoms with van der Waals surface area (Å²) in [5, 5.41) is 7.59. The van der Waals surface area contributed by atoms with Crippen LogP contribution >= 0.6 is 0 Å². The number of aromatic nitrogens is 3. The van der Waals surface area contributed by atoms with Crippen LogP contribution in [0.5, 0.6) is 5.75 Å². The van der Waals surface area contributed by atoms with Crippen molar-refractivity contribution in [1.82, 2.24) is 15.0 Å². The van der Waals surface area contributed by atoms with E-state index in [4.69, 9.17) is 10.5 Å². The molecule has 4 rings (SSSR count). The number of hydrogen-bond acceptors (Lipinski definition) is 7. The highest BCUT2D eigenvalue weighted by Gasteiger charge is 2.13. The van der Waals surface area contributed by atoms with Gasteiger partial charge < -0.3 is 21.1 Å². The van der Waals surface area contributed by atoms with E-state index in [2.05, 4.69) is 25.6 Å². The molecule has 0 atom stereocenters. The second-order valence-electron chi connectivity index (χ2n) is 6.77. The van der Waals surface area contributed by atoms with Crippen LogP contribution in [0.4, 0.5) is 28.7 Å². The third-order valence-corrected chi connectivity index (χ3v) is 4.60. The molecule has 2 heterocycles. The largest absolute Gasteiger partial charge is 0.495 e. The number of nitrogen functional groups attached to an aromatic ring is 1. The minimum Gasteiger partial charge on any atom is -0.495 e. The number of nitrogens with two attached hydrogens (primary N) is 1. The minimum absolute atomic E-state index is 0.403. The average molecular weight is 386 g/mol. The van der Waals surface area contributed by atoms with Crippen molar-refractivity contribution < 1.29 is 4.74 Å². The van der Waals surface area contributed by atoms with Crippen LogP contribution in [0.15, 0.2) is 54.9 Å². The van der Waals surface area contributed by atoms with Crippen LogP contribution in [0.2, 0.25) is 0 Å². The quantitative estimate of drug-likeness (QED) is 0.456. The van der Waals surface area contributed by atoms with Crippen LogP contribution in [-0.2, 0) is 0 Å². The van der Waals surface area contributed by atoms with Crippen LogP contribution in [-0.4, -0.2) is 22.1 Å². The first kappa shape index (κ1) is 18.5. The lowest BCUT2D eigenvalue weighted by molar-refractivity contribution is 0.416. The number of aryl methyl sites for hydroxylation is 2. The number of fused-ring (bicyclic) bond motifs is 1. The van der Waals surface area contributed by atoms with E-state index >= 15 is 0 Å². The number of rotatable bonds is 5. The maximum Gasteiger partial charge on any atom is 0.159 e. The molecule has 0 bridgehead atoms. The normalized spacial score (nSPS) is 10.7. The lowest BCUT2D eigenvalue weighted by Crippen LogP contribution is -2.06. The minimum atomic E-state index is 0.403. The van der Waals surface area contributed by atoms with Crippen LogP contribution < -0.4 is 21.1 Å². The molecule has 0 saturated carbocycles. The first-order valence-corrected chi connectivity index (χ1v) is 9.20. The van der Waals surface area contributed by atoms with Crippen LogP contribution in [0, 0.1) is 13.8 Å². The van der Waals surface area contributed by atoms with Crippen molar-refractivity contribution in [3.05, 3.63) is 66.1 Å². The lowest BCUT2D eigenvalue weighted by Gasteiger charge is -2.15. The van der Waals surface area contributed by atoms with Gasteiger partial charge in [-0.3, -0.25) is 4.98 Å². The molecule has 7 nitrogen and oxygen atoms in total. The molecule has 29 heavy (non-hydrogen) atoms. The Kier molecular flexibility index (Phi) is 4.87. The SMILES string of the molecule is COc1ccc(C)cc1Nc1ncnc(Nc2cccc3ccc(C)nc23)c1N. The van der Waals surface area contributed by atoms with E-state index in [1.807, 2.05) is 62.4 Å². The van der Waals surface area contributed by atoms with Crippen LogP contribution in [0.1, 0.15) is 11.3 Å². The van der Waals surface area contributed by atoms with E-state index < -0.39 is 0 Å². The van der Waals surface area contributed by atoms with E-state index in [9.17, 15) is 0 Å². The van der Waals surface area contributed by atoms with Crippen LogP contribution in [0.3, 0.4) is 0 Å². The predicted molar refractivity (Wildman–Crippen MR) is 117 cm³/mol. The number of benzene rings is 2. The Morgan fingerprint density at radius 2 is 1.66 bits per heavy atom. The Morgan fingerprint density at radius 1 is 0.897 bits per heavy atom. The third-order valence-electron chi connectivity index (χ3n) is 4.60. The van der Waals surface area contributed by atoms with Crippen molar-refractivity contribution in [1.29, 1.82) is 0 Å². The molecule has 146 valence electrons. The average Bonchev–Trinajstić information content (AvgIpc) is 2.71. The Morgan fingerprint density at radius 3 is 2.41 bits per heavy atom. The van der Waals surface area contributed by atoms with Gasteiger partial charge in [0.25, 0.3) is 0 Å². The molecule has 0 aliphatic carbocycles. The van der Waals surface area contributed by atoms with E-state index in [0.717, 1.165) is 33.5 Å². The fourth-order valence-corrected chi connectivity index (χ4v) is 3.11. The van der Waals surface area contributed by atoms with Crippen molar-refractivity contribution in [2.45, 2.75) is 13.8 Å². The Bertz CT molecular complexity index is 1190. The van der Waals surface area contributed by atoms with Crippen LogP contribution in [0.25, 0.3) is 10.9 Å². The van der Waals surface area contributed by atoms with Gasteiger partial charge in [-0.15, -0.1) is 0 Å². The summed E-state index contributed by atoms with van der Waals surface area (Å²) < 4.78 is 5.43. The van der Waals surface area contributed by atoms with Gasteiger partial charge in [-0.05, 0) is 43.7 Å². The molecule has 7 heteroatoms. The summed E-state index contributed by atoms with van der Waals surface area (Å²) >= 11 is 0. The molecule has 0 radical (unpaired) electrons. The topological polar surface area (TPSA) is 98.0 Å². The van der Waals surface area contributed by atoms with Gasteiger partial charge in [0, 0.05) is 11.1 Å². The molecule has 0 fully saturated rings. The van der Waals surface area contributed by atoms with Gasteiger partial charge >= 0.3 is 0 Å². The summed E-state index contributed by atoms with van der Waals surface area (Å²) in [7, 11) is 1.63. The first-order chi connectivity index (χ1) is 14.0. The lowest BCUT2D eigenvalue weighted by atomic mass is 10.1. The monoisotopic (exact) mass is 386 g/mol. The zero-order valence-electron chi connectivity index (χ0n) is 16.5. The fraction of sp³-hybridized carbons (Fsp3) is 0.136. The number of pyridine rings is 1.